The van der Waals surface area contributed by atoms with Gasteiger partial charge in [-0.05, 0) is 35.7 Å². The van der Waals surface area contributed by atoms with Crippen LogP contribution < -0.4 is 14.9 Å². The van der Waals surface area contributed by atoms with Crippen molar-refractivity contribution in [3.63, 3.8) is 0 Å². The van der Waals surface area contributed by atoms with Crippen molar-refractivity contribution < 1.29 is 13.9 Å². The van der Waals surface area contributed by atoms with Crippen molar-refractivity contribution in [1.29, 1.82) is 0 Å². The van der Waals surface area contributed by atoms with E-state index >= 15 is 0 Å². The third kappa shape index (κ3) is 2.51. The highest BCUT2D eigenvalue weighted by Crippen LogP contribution is 2.35. The van der Waals surface area contributed by atoms with Crippen LogP contribution in [0, 0.1) is 6.92 Å². The summed E-state index contributed by atoms with van der Waals surface area (Å²) in [6.45, 7) is 1.99. The molecule has 0 fully saturated rings. The van der Waals surface area contributed by atoms with Crippen LogP contribution in [0.1, 0.15) is 5.56 Å². The van der Waals surface area contributed by atoms with Crippen LogP contribution in [0.5, 0.6) is 11.5 Å². The van der Waals surface area contributed by atoms with E-state index in [0.29, 0.717) is 33.4 Å². The fourth-order valence-electron chi connectivity index (χ4n) is 3.29. The summed E-state index contributed by atoms with van der Waals surface area (Å²) in [7, 11) is 3.10. The average molecular weight is 346 g/mol. The molecule has 3 aromatic carbocycles. The summed E-state index contributed by atoms with van der Waals surface area (Å²) in [5, 5.41) is 1.04. The van der Waals surface area contributed by atoms with Crippen molar-refractivity contribution in [1.82, 2.24) is 0 Å². The summed E-state index contributed by atoms with van der Waals surface area (Å²) in [5.74, 6) is 1.03. The van der Waals surface area contributed by atoms with Gasteiger partial charge in [0.15, 0.2) is 11.5 Å². The Kier molecular flexibility index (Phi) is 3.88. The fraction of sp³-hybridized carbons (Fsp3) is 0.136. The molecule has 0 amide bonds. The standard InChI is InChI=1S/C22H18O4/c1-13-9-15(14-7-5-4-6-8-14)21-20(10-13)26-17-12-19(25-3)18(24-2)11-16(17)22(21)23/h4-12H,1-3H3. The molecule has 0 N–H and O–H groups in total. The van der Waals surface area contributed by atoms with Gasteiger partial charge in [-0.15, -0.1) is 0 Å². The Morgan fingerprint density at radius 1 is 0.846 bits per heavy atom. The number of hydrogen-bond donors (Lipinski definition) is 0. The molecule has 0 saturated heterocycles. The quantitative estimate of drug-likeness (QED) is 0.493. The summed E-state index contributed by atoms with van der Waals surface area (Å²) in [6.07, 6.45) is 0. The fourth-order valence-corrected chi connectivity index (χ4v) is 3.29. The minimum atomic E-state index is -0.0824. The molecule has 0 saturated carbocycles. The van der Waals surface area contributed by atoms with Crippen molar-refractivity contribution in [3.05, 3.63) is 70.4 Å². The van der Waals surface area contributed by atoms with Crippen LogP contribution in [-0.2, 0) is 0 Å². The van der Waals surface area contributed by atoms with Crippen LogP contribution in [-0.4, -0.2) is 14.2 Å². The topological polar surface area (TPSA) is 48.7 Å². The Morgan fingerprint density at radius 2 is 1.54 bits per heavy atom. The van der Waals surface area contributed by atoms with E-state index in [1.807, 2.05) is 49.4 Å². The molecular weight excluding hydrogens is 328 g/mol. The lowest BCUT2D eigenvalue weighted by atomic mass is 9.97. The number of ether oxygens (including phenoxy) is 2. The largest absolute Gasteiger partial charge is 0.493 e. The molecule has 26 heavy (non-hydrogen) atoms. The maximum Gasteiger partial charge on any atom is 0.201 e. The van der Waals surface area contributed by atoms with Crippen LogP contribution in [0.25, 0.3) is 33.1 Å². The molecule has 4 nitrogen and oxygen atoms in total. The number of hydrogen-bond acceptors (Lipinski definition) is 4. The molecular formula is C22H18O4. The summed E-state index contributed by atoms with van der Waals surface area (Å²) in [6, 6.07) is 17.1. The maximum absolute atomic E-state index is 13.3. The summed E-state index contributed by atoms with van der Waals surface area (Å²) >= 11 is 0. The zero-order valence-corrected chi connectivity index (χ0v) is 14.8. The molecule has 0 atom stereocenters. The van der Waals surface area contributed by atoms with Gasteiger partial charge < -0.3 is 13.9 Å². The predicted octanol–water partition coefficient (Wildman–Crippen LogP) is 4.94. The van der Waals surface area contributed by atoms with Crippen LogP contribution in [0.2, 0.25) is 0 Å². The molecule has 0 spiro atoms. The second-order valence-corrected chi connectivity index (χ2v) is 6.19. The Hall–Kier alpha value is -3.27. The van der Waals surface area contributed by atoms with Gasteiger partial charge in [0, 0.05) is 6.07 Å². The van der Waals surface area contributed by atoms with Crippen molar-refractivity contribution in [3.8, 4) is 22.6 Å². The molecule has 0 bridgehead atoms. The second-order valence-electron chi connectivity index (χ2n) is 6.19. The molecule has 0 aliphatic heterocycles. The number of rotatable bonds is 3. The zero-order chi connectivity index (χ0) is 18.3. The molecule has 4 rings (SSSR count). The van der Waals surface area contributed by atoms with Crippen LogP contribution in [0.3, 0.4) is 0 Å². The number of methoxy groups -OCH3 is 2. The van der Waals surface area contributed by atoms with E-state index in [-0.39, 0.29) is 5.43 Å². The molecule has 4 heteroatoms. The molecule has 0 aliphatic rings. The zero-order valence-electron chi connectivity index (χ0n) is 14.8. The van der Waals surface area contributed by atoms with E-state index in [0.717, 1.165) is 16.7 Å². The van der Waals surface area contributed by atoms with Gasteiger partial charge in [-0.1, -0.05) is 36.4 Å². The maximum atomic E-state index is 13.3. The van der Waals surface area contributed by atoms with E-state index in [9.17, 15) is 4.79 Å². The van der Waals surface area contributed by atoms with Gasteiger partial charge >= 0.3 is 0 Å². The third-order valence-electron chi connectivity index (χ3n) is 4.51. The van der Waals surface area contributed by atoms with E-state index in [4.69, 9.17) is 13.9 Å². The number of aryl methyl sites for hydroxylation is 1. The lowest BCUT2D eigenvalue weighted by molar-refractivity contribution is 0.355. The Labute approximate surface area is 150 Å². The van der Waals surface area contributed by atoms with Crippen LogP contribution in [0.4, 0.5) is 0 Å². The summed E-state index contributed by atoms with van der Waals surface area (Å²) < 4.78 is 16.7. The molecule has 1 heterocycles. The van der Waals surface area contributed by atoms with E-state index in [1.54, 1.807) is 26.4 Å². The van der Waals surface area contributed by atoms with Gasteiger partial charge in [0.2, 0.25) is 5.43 Å². The highest BCUT2D eigenvalue weighted by Gasteiger charge is 2.16. The van der Waals surface area contributed by atoms with Crippen molar-refractivity contribution in [2.45, 2.75) is 6.92 Å². The average Bonchev–Trinajstić information content (AvgIpc) is 2.67. The Bertz CT molecular complexity index is 1170. The first-order chi connectivity index (χ1) is 12.6. The van der Waals surface area contributed by atoms with Gasteiger partial charge in [0.05, 0.1) is 25.0 Å². The van der Waals surface area contributed by atoms with E-state index in [2.05, 4.69) is 0 Å². The van der Waals surface area contributed by atoms with E-state index in [1.165, 1.54) is 0 Å². The first-order valence-corrected chi connectivity index (χ1v) is 8.31. The van der Waals surface area contributed by atoms with Gasteiger partial charge in [-0.2, -0.15) is 0 Å². The molecule has 0 radical (unpaired) electrons. The molecule has 1 aromatic heterocycles. The van der Waals surface area contributed by atoms with Crippen LogP contribution in [0.15, 0.2) is 63.8 Å². The van der Waals surface area contributed by atoms with Crippen molar-refractivity contribution in [2.75, 3.05) is 14.2 Å². The minimum absolute atomic E-state index is 0.0824. The molecule has 0 aliphatic carbocycles. The smallest absolute Gasteiger partial charge is 0.201 e. The summed E-state index contributed by atoms with van der Waals surface area (Å²) in [4.78, 5) is 13.3. The molecule has 0 unspecified atom stereocenters. The van der Waals surface area contributed by atoms with Crippen molar-refractivity contribution in [2.24, 2.45) is 0 Å². The SMILES string of the molecule is COc1cc2oc3cc(C)cc(-c4ccccc4)c3c(=O)c2cc1OC. The lowest BCUT2D eigenvalue weighted by Crippen LogP contribution is -2.05. The lowest BCUT2D eigenvalue weighted by Gasteiger charge is -2.11. The minimum Gasteiger partial charge on any atom is -0.493 e. The first-order valence-electron chi connectivity index (χ1n) is 8.31. The number of benzene rings is 3. The van der Waals surface area contributed by atoms with E-state index < -0.39 is 0 Å². The normalized spacial score (nSPS) is 11.0. The molecule has 130 valence electrons. The van der Waals surface area contributed by atoms with Gasteiger partial charge in [0.1, 0.15) is 11.2 Å². The highest BCUT2D eigenvalue weighted by molar-refractivity contribution is 6.00. The predicted molar refractivity (Wildman–Crippen MR) is 103 cm³/mol. The summed E-state index contributed by atoms with van der Waals surface area (Å²) in [5.41, 5.74) is 3.83. The third-order valence-corrected chi connectivity index (χ3v) is 4.51. The highest BCUT2D eigenvalue weighted by atomic mass is 16.5. The van der Waals surface area contributed by atoms with Crippen molar-refractivity contribution >= 4 is 21.9 Å². The number of fused-ring (bicyclic) bond motifs is 2. The van der Waals surface area contributed by atoms with Gasteiger partial charge in [0.25, 0.3) is 0 Å². The Morgan fingerprint density at radius 3 is 2.23 bits per heavy atom. The second kappa shape index (κ2) is 6.23. The first kappa shape index (κ1) is 16.2. The van der Waals surface area contributed by atoms with Gasteiger partial charge in [-0.25, -0.2) is 0 Å². The Balaban J connectivity index is 2.15. The van der Waals surface area contributed by atoms with Crippen LogP contribution >= 0.6 is 0 Å². The monoisotopic (exact) mass is 346 g/mol. The molecule has 4 aromatic rings. The van der Waals surface area contributed by atoms with Gasteiger partial charge in [-0.3, -0.25) is 4.79 Å².